The Balaban J connectivity index is 2.33. The first kappa shape index (κ1) is 14.8. The highest BCUT2D eigenvalue weighted by Gasteiger charge is 2.11. The number of benzene rings is 2. The maximum absolute atomic E-state index is 4.72. The van der Waals surface area contributed by atoms with Crippen molar-refractivity contribution < 1.29 is 0 Å². The van der Waals surface area contributed by atoms with Crippen molar-refractivity contribution in [1.82, 2.24) is 4.98 Å². The van der Waals surface area contributed by atoms with Crippen molar-refractivity contribution in [3.63, 3.8) is 0 Å². The second-order valence-electron chi connectivity index (χ2n) is 6.55. The van der Waals surface area contributed by atoms with Crippen LogP contribution in [0, 0.1) is 20.8 Å². The van der Waals surface area contributed by atoms with E-state index in [1.165, 1.54) is 38.6 Å². The van der Waals surface area contributed by atoms with Gasteiger partial charge in [-0.1, -0.05) is 37.6 Å². The Bertz CT molecular complexity index is 844. The van der Waals surface area contributed by atoms with Crippen LogP contribution >= 0.6 is 0 Å². The lowest BCUT2D eigenvalue weighted by molar-refractivity contribution is 0.869. The van der Waals surface area contributed by atoms with Crippen LogP contribution in [0.1, 0.15) is 42.0 Å². The van der Waals surface area contributed by atoms with Gasteiger partial charge in [0.1, 0.15) is 0 Å². The number of aryl methyl sites for hydroxylation is 2. The fraction of sp³-hybridized carbons (Fsp3) is 0.286. The Morgan fingerprint density at radius 2 is 1.68 bits per heavy atom. The van der Waals surface area contributed by atoms with E-state index < -0.39 is 0 Å². The Hall–Kier alpha value is -2.15. The molecule has 0 bridgehead atoms. The number of rotatable bonds is 2. The van der Waals surface area contributed by atoms with Gasteiger partial charge in [-0.05, 0) is 67.0 Å². The second kappa shape index (κ2) is 5.57. The molecule has 22 heavy (non-hydrogen) atoms. The molecule has 1 heteroatoms. The monoisotopic (exact) mass is 289 g/mol. The molecule has 0 radical (unpaired) electrons. The van der Waals surface area contributed by atoms with Crippen LogP contribution in [0.2, 0.25) is 0 Å². The minimum absolute atomic E-state index is 0.526. The smallest absolute Gasteiger partial charge is 0.0783 e. The summed E-state index contributed by atoms with van der Waals surface area (Å²) in [5, 5.41) is 2.51. The zero-order valence-corrected chi connectivity index (χ0v) is 14.1. The van der Waals surface area contributed by atoms with E-state index in [0.29, 0.717) is 5.92 Å². The van der Waals surface area contributed by atoms with Crippen molar-refractivity contribution in [3.8, 4) is 11.3 Å². The normalized spacial score (nSPS) is 11.4. The van der Waals surface area contributed by atoms with E-state index in [4.69, 9.17) is 4.98 Å². The van der Waals surface area contributed by atoms with Gasteiger partial charge in [-0.25, -0.2) is 0 Å². The Kier molecular flexibility index (Phi) is 3.74. The second-order valence-corrected chi connectivity index (χ2v) is 6.55. The van der Waals surface area contributed by atoms with Gasteiger partial charge in [-0.2, -0.15) is 0 Å². The third-order valence-corrected chi connectivity index (χ3v) is 4.52. The average molecular weight is 289 g/mol. The number of nitrogens with zero attached hydrogens (tertiary/aromatic N) is 1. The molecular weight excluding hydrogens is 266 g/mol. The lowest BCUT2D eigenvalue weighted by Gasteiger charge is -2.14. The molecule has 0 aliphatic rings. The van der Waals surface area contributed by atoms with Gasteiger partial charge < -0.3 is 0 Å². The van der Waals surface area contributed by atoms with Gasteiger partial charge in [0.25, 0.3) is 0 Å². The molecule has 0 unspecified atom stereocenters. The summed E-state index contributed by atoms with van der Waals surface area (Å²) in [6.45, 7) is 11.0. The summed E-state index contributed by atoms with van der Waals surface area (Å²) in [6, 6.07) is 13.3. The van der Waals surface area contributed by atoms with E-state index in [2.05, 4.69) is 71.0 Å². The molecule has 3 aromatic rings. The van der Waals surface area contributed by atoms with Crippen LogP contribution in [-0.4, -0.2) is 4.98 Å². The molecule has 0 atom stereocenters. The number of hydrogen-bond donors (Lipinski definition) is 0. The van der Waals surface area contributed by atoms with Crippen LogP contribution in [0.25, 0.3) is 22.0 Å². The zero-order valence-electron chi connectivity index (χ0n) is 14.1. The van der Waals surface area contributed by atoms with Crippen LogP contribution < -0.4 is 0 Å². The van der Waals surface area contributed by atoms with Crippen LogP contribution in [0.4, 0.5) is 0 Å². The predicted octanol–water partition coefficient (Wildman–Crippen LogP) is 5.95. The zero-order chi connectivity index (χ0) is 15.9. The Labute approximate surface area is 133 Å². The maximum Gasteiger partial charge on any atom is 0.0783 e. The van der Waals surface area contributed by atoms with E-state index >= 15 is 0 Å². The van der Waals surface area contributed by atoms with Crippen molar-refractivity contribution >= 4 is 10.8 Å². The fourth-order valence-electron chi connectivity index (χ4n) is 3.05. The van der Waals surface area contributed by atoms with Crippen LogP contribution in [0.5, 0.6) is 0 Å². The molecule has 0 amide bonds. The number of pyridine rings is 1. The first-order valence-electron chi connectivity index (χ1n) is 7.94. The number of aromatic nitrogens is 1. The quantitative estimate of drug-likeness (QED) is 0.568. The SMILES string of the molecule is Cc1cc(C)c(C)c(-c2nccc3ccc(C(C)C)cc23)c1. The highest BCUT2D eigenvalue weighted by atomic mass is 14.7. The van der Waals surface area contributed by atoms with E-state index in [-0.39, 0.29) is 0 Å². The summed E-state index contributed by atoms with van der Waals surface area (Å²) in [6.07, 6.45) is 1.92. The molecule has 1 aromatic heterocycles. The van der Waals surface area contributed by atoms with E-state index in [0.717, 1.165) is 5.69 Å². The van der Waals surface area contributed by atoms with Crippen molar-refractivity contribution in [2.24, 2.45) is 0 Å². The molecule has 0 saturated heterocycles. The fourth-order valence-corrected chi connectivity index (χ4v) is 3.05. The summed E-state index contributed by atoms with van der Waals surface area (Å²) in [7, 11) is 0. The van der Waals surface area contributed by atoms with Crippen molar-refractivity contribution in [2.75, 3.05) is 0 Å². The standard InChI is InChI=1S/C21H23N/c1-13(2)18-7-6-17-8-9-22-21(20(17)12-18)19-11-14(3)10-15(4)16(19)5/h6-13H,1-5H3. The molecule has 0 saturated carbocycles. The highest BCUT2D eigenvalue weighted by molar-refractivity contribution is 5.95. The molecule has 3 rings (SSSR count). The van der Waals surface area contributed by atoms with Gasteiger partial charge in [0, 0.05) is 17.1 Å². The van der Waals surface area contributed by atoms with E-state index in [1.807, 2.05) is 6.20 Å². The molecule has 0 spiro atoms. The van der Waals surface area contributed by atoms with Gasteiger partial charge in [0.05, 0.1) is 5.69 Å². The molecule has 0 aliphatic heterocycles. The van der Waals surface area contributed by atoms with Crippen molar-refractivity contribution in [3.05, 3.63) is 64.8 Å². The summed E-state index contributed by atoms with van der Waals surface area (Å²) >= 11 is 0. The third-order valence-electron chi connectivity index (χ3n) is 4.52. The Morgan fingerprint density at radius 1 is 0.909 bits per heavy atom. The van der Waals surface area contributed by atoms with E-state index in [9.17, 15) is 0 Å². The first-order valence-corrected chi connectivity index (χ1v) is 7.94. The van der Waals surface area contributed by atoms with Gasteiger partial charge >= 0.3 is 0 Å². The maximum atomic E-state index is 4.72. The Morgan fingerprint density at radius 3 is 2.41 bits per heavy atom. The lowest BCUT2D eigenvalue weighted by Crippen LogP contribution is -1.94. The lowest BCUT2D eigenvalue weighted by atomic mass is 9.93. The first-order chi connectivity index (χ1) is 10.5. The molecule has 0 fully saturated rings. The van der Waals surface area contributed by atoms with Gasteiger partial charge in [-0.3, -0.25) is 4.98 Å². The largest absolute Gasteiger partial charge is 0.256 e. The topological polar surface area (TPSA) is 12.9 Å². The number of fused-ring (bicyclic) bond motifs is 1. The summed E-state index contributed by atoms with van der Waals surface area (Å²) < 4.78 is 0. The van der Waals surface area contributed by atoms with E-state index in [1.54, 1.807) is 0 Å². The summed E-state index contributed by atoms with van der Waals surface area (Å²) in [5.74, 6) is 0.526. The third kappa shape index (κ3) is 2.52. The summed E-state index contributed by atoms with van der Waals surface area (Å²) in [4.78, 5) is 4.72. The highest BCUT2D eigenvalue weighted by Crippen LogP contribution is 2.32. The van der Waals surface area contributed by atoms with Crippen molar-refractivity contribution in [1.29, 1.82) is 0 Å². The van der Waals surface area contributed by atoms with Crippen LogP contribution in [-0.2, 0) is 0 Å². The minimum Gasteiger partial charge on any atom is -0.256 e. The van der Waals surface area contributed by atoms with Gasteiger partial charge in [0.2, 0.25) is 0 Å². The van der Waals surface area contributed by atoms with Crippen LogP contribution in [0.15, 0.2) is 42.6 Å². The molecule has 112 valence electrons. The van der Waals surface area contributed by atoms with Gasteiger partial charge in [-0.15, -0.1) is 0 Å². The summed E-state index contributed by atoms with van der Waals surface area (Å²) in [5.41, 5.74) is 7.66. The molecule has 0 aliphatic carbocycles. The van der Waals surface area contributed by atoms with Crippen molar-refractivity contribution in [2.45, 2.75) is 40.5 Å². The molecule has 1 nitrogen and oxygen atoms in total. The van der Waals surface area contributed by atoms with Crippen LogP contribution in [0.3, 0.4) is 0 Å². The molecular formula is C21H23N. The predicted molar refractivity (Wildman–Crippen MR) is 95.5 cm³/mol. The molecule has 1 heterocycles. The van der Waals surface area contributed by atoms with Gasteiger partial charge in [0.15, 0.2) is 0 Å². The molecule has 0 N–H and O–H groups in total. The number of hydrogen-bond acceptors (Lipinski definition) is 1. The average Bonchev–Trinajstić information content (AvgIpc) is 2.49. The minimum atomic E-state index is 0.526. The molecule has 2 aromatic carbocycles.